The number of nitrogens with zero attached hydrogens (tertiary/aromatic N) is 3. The fourth-order valence-corrected chi connectivity index (χ4v) is 2.07. The van der Waals surface area contributed by atoms with Gasteiger partial charge < -0.3 is 15.1 Å². The molecule has 1 heterocycles. The minimum Gasteiger partial charge on any atom is -0.352 e. The summed E-state index contributed by atoms with van der Waals surface area (Å²) < 4.78 is 13.9. The van der Waals surface area contributed by atoms with Crippen molar-refractivity contribution in [1.29, 1.82) is 0 Å². The molecule has 0 aromatic heterocycles. The molecule has 0 saturated carbocycles. The predicted octanol–water partition coefficient (Wildman–Crippen LogP) is 1.28. The number of likely N-dealkylation sites (N-methyl/N-ethyl adjacent to an activating group) is 1. The summed E-state index contributed by atoms with van der Waals surface area (Å²) in [5.74, 6) is 0.743. The Labute approximate surface area is 113 Å². The number of hydrogen-bond donors (Lipinski definition) is 1. The molecule has 0 spiro atoms. The van der Waals surface area contributed by atoms with Crippen LogP contribution in [0.5, 0.6) is 0 Å². The molecule has 1 aromatic rings. The molecule has 0 radical (unpaired) electrons. The fourth-order valence-electron chi connectivity index (χ4n) is 2.07. The van der Waals surface area contributed by atoms with E-state index in [0.29, 0.717) is 13.1 Å². The molecule has 4 nitrogen and oxygen atoms in total. The minimum absolute atomic E-state index is 0.144. The van der Waals surface area contributed by atoms with Crippen LogP contribution in [0.1, 0.15) is 11.1 Å². The highest BCUT2D eigenvalue weighted by atomic mass is 19.1. The standard InChI is InChI=1S/C14H21FN4/c1-18(2)10-12-5-4-11(8-13(12)15)9-17-14-16-6-7-19(14)3/h4-5,8H,6-7,9-10H2,1-3H3,(H,16,17). The molecular weight excluding hydrogens is 243 g/mol. The first-order valence-electron chi connectivity index (χ1n) is 6.48. The Morgan fingerprint density at radius 1 is 1.42 bits per heavy atom. The van der Waals surface area contributed by atoms with Crippen molar-refractivity contribution in [2.45, 2.75) is 13.1 Å². The largest absolute Gasteiger partial charge is 0.352 e. The van der Waals surface area contributed by atoms with E-state index in [2.05, 4.69) is 15.2 Å². The molecule has 1 aliphatic rings. The van der Waals surface area contributed by atoms with E-state index in [1.807, 2.05) is 38.2 Å². The number of guanidine groups is 1. The van der Waals surface area contributed by atoms with Crippen LogP contribution in [-0.4, -0.2) is 50.0 Å². The molecule has 1 N–H and O–H groups in total. The topological polar surface area (TPSA) is 30.9 Å². The van der Waals surface area contributed by atoms with E-state index in [1.165, 1.54) is 0 Å². The summed E-state index contributed by atoms with van der Waals surface area (Å²) >= 11 is 0. The highest BCUT2D eigenvalue weighted by Gasteiger charge is 2.11. The van der Waals surface area contributed by atoms with Crippen molar-refractivity contribution in [2.75, 3.05) is 34.2 Å². The zero-order chi connectivity index (χ0) is 13.8. The Bertz CT molecular complexity index is 471. The van der Waals surface area contributed by atoms with E-state index < -0.39 is 0 Å². The van der Waals surface area contributed by atoms with E-state index in [1.54, 1.807) is 6.07 Å². The van der Waals surface area contributed by atoms with Crippen LogP contribution < -0.4 is 5.32 Å². The maximum absolute atomic E-state index is 13.9. The van der Waals surface area contributed by atoms with Crippen LogP contribution >= 0.6 is 0 Å². The second-order valence-electron chi connectivity index (χ2n) is 5.14. The second-order valence-corrected chi connectivity index (χ2v) is 5.14. The monoisotopic (exact) mass is 264 g/mol. The third kappa shape index (κ3) is 3.67. The molecule has 0 aliphatic carbocycles. The normalized spacial score (nSPS) is 15.0. The number of halogens is 1. The smallest absolute Gasteiger partial charge is 0.194 e. The molecule has 5 heteroatoms. The van der Waals surface area contributed by atoms with E-state index in [9.17, 15) is 4.39 Å². The minimum atomic E-state index is -0.144. The molecule has 0 atom stereocenters. The van der Waals surface area contributed by atoms with Crippen molar-refractivity contribution < 1.29 is 4.39 Å². The number of rotatable bonds is 4. The Kier molecular flexibility index (Phi) is 4.37. The fraction of sp³-hybridized carbons (Fsp3) is 0.500. The van der Waals surface area contributed by atoms with E-state index in [4.69, 9.17) is 0 Å². The molecule has 1 aliphatic heterocycles. The lowest BCUT2D eigenvalue weighted by Gasteiger charge is -2.16. The SMILES string of the molecule is CN(C)Cc1ccc(CNC2=NCCN2C)cc1F. The third-order valence-corrected chi connectivity index (χ3v) is 3.11. The number of aliphatic imine (C=N–C) groups is 1. The Morgan fingerprint density at radius 2 is 2.21 bits per heavy atom. The van der Waals surface area contributed by atoms with Gasteiger partial charge in [0.2, 0.25) is 0 Å². The number of benzene rings is 1. The van der Waals surface area contributed by atoms with Gasteiger partial charge in [0.05, 0.1) is 6.54 Å². The van der Waals surface area contributed by atoms with Gasteiger partial charge in [0.1, 0.15) is 5.82 Å². The van der Waals surface area contributed by atoms with Gasteiger partial charge in [0, 0.05) is 32.2 Å². The van der Waals surface area contributed by atoms with Crippen LogP contribution in [-0.2, 0) is 13.1 Å². The molecule has 2 rings (SSSR count). The van der Waals surface area contributed by atoms with Gasteiger partial charge in [-0.1, -0.05) is 12.1 Å². The van der Waals surface area contributed by atoms with Crippen LogP contribution in [0, 0.1) is 5.82 Å². The first-order chi connectivity index (χ1) is 9.06. The van der Waals surface area contributed by atoms with Crippen molar-refractivity contribution in [1.82, 2.24) is 15.1 Å². The lowest BCUT2D eigenvalue weighted by atomic mass is 10.1. The molecule has 0 saturated heterocycles. The van der Waals surface area contributed by atoms with Gasteiger partial charge in [-0.2, -0.15) is 0 Å². The number of hydrogen-bond acceptors (Lipinski definition) is 4. The third-order valence-electron chi connectivity index (χ3n) is 3.11. The average Bonchev–Trinajstić information content (AvgIpc) is 2.75. The van der Waals surface area contributed by atoms with E-state index in [0.717, 1.165) is 30.2 Å². The number of nitrogens with one attached hydrogen (secondary N) is 1. The van der Waals surface area contributed by atoms with Crippen molar-refractivity contribution >= 4 is 5.96 Å². The Hall–Kier alpha value is -1.62. The first-order valence-corrected chi connectivity index (χ1v) is 6.48. The summed E-state index contributed by atoms with van der Waals surface area (Å²) in [5, 5.41) is 3.23. The summed E-state index contributed by atoms with van der Waals surface area (Å²) in [7, 11) is 5.87. The molecule has 104 valence electrons. The first kappa shape index (κ1) is 13.8. The summed E-state index contributed by atoms with van der Waals surface area (Å²) in [4.78, 5) is 8.37. The van der Waals surface area contributed by atoms with Gasteiger partial charge in [0.25, 0.3) is 0 Å². The summed E-state index contributed by atoms with van der Waals surface area (Å²) in [5.41, 5.74) is 1.66. The molecule has 0 bridgehead atoms. The predicted molar refractivity (Wildman–Crippen MR) is 75.6 cm³/mol. The zero-order valence-corrected chi connectivity index (χ0v) is 11.8. The van der Waals surface area contributed by atoms with Gasteiger partial charge in [-0.05, 0) is 25.7 Å². The molecule has 1 aromatic carbocycles. The quantitative estimate of drug-likeness (QED) is 0.888. The summed E-state index contributed by atoms with van der Waals surface area (Å²) in [6.07, 6.45) is 0. The molecule has 19 heavy (non-hydrogen) atoms. The van der Waals surface area contributed by atoms with Crippen LogP contribution in [0.25, 0.3) is 0 Å². The van der Waals surface area contributed by atoms with Crippen molar-refractivity contribution in [3.05, 3.63) is 35.1 Å². The zero-order valence-electron chi connectivity index (χ0n) is 11.8. The van der Waals surface area contributed by atoms with E-state index >= 15 is 0 Å². The Balaban J connectivity index is 1.96. The van der Waals surface area contributed by atoms with Gasteiger partial charge in [-0.3, -0.25) is 4.99 Å². The van der Waals surface area contributed by atoms with Crippen LogP contribution in [0.3, 0.4) is 0 Å². The highest BCUT2D eigenvalue weighted by molar-refractivity contribution is 5.81. The van der Waals surface area contributed by atoms with Gasteiger partial charge in [0.15, 0.2) is 5.96 Å². The second kappa shape index (κ2) is 6.02. The average molecular weight is 264 g/mol. The van der Waals surface area contributed by atoms with Gasteiger partial charge >= 0.3 is 0 Å². The maximum Gasteiger partial charge on any atom is 0.194 e. The van der Waals surface area contributed by atoms with Crippen molar-refractivity contribution in [3.63, 3.8) is 0 Å². The molecule has 0 unspecified atom stereocenters. The van der Waals surface area contributed by atoms with Crippen LogP contribution in [0.2, 0.25) is 0 Å². The van der Waals surface area contributed by atoms with Crippen LogP contribution in [0.4, 0.5) is 4.39 Å². The van der Waals surface area contributed by atoms with Gasteiger partial charge in [-0.25, -0.2) is 4.39 Å². The summed E-state index contributed by atoms with van der Waals surface area (Å²) in [6.45, 7) is 2.99. The lowest BCUT2D eigenvalue weighted by Crippen LogP contribution is -2.35. The maximum atomic E-state index is 13.9. The highest BCUT2D eigenvalue weighted by Crippen LogP contribution is 2.12. The molecule has 0 fully saturated rings. The van der Waals surface area contributed by atoms with E-state index in [-0.39, 0.29) is 5.82 Å². The van der Waals surface area contributed by atoms with Crippen molar-refractivity contribution in [2.24, 2.45) is 4.99 Å². The summed E-state index contributed by atoms with van der Waals surface area (Å²) in [6, 6.07) is 5.41. The van der Waals surface area contributed by atoms with Gasteiger partial charge in [-0.15, -0.1) is 0 Å². The Morgan fingerprint density at radius 3 is 2.79 bits per heavy atom. The molecule has 0 amide bonds. The van der Waals surface area contributed by atoms with Crippen LogP contribution in [0.15, 0.2) is 23.2 Å². The molecular formula is C14H21FN4. The lowest BCUT2D eigenvalue weighted by molar-refractivity contribution is 0.392. The van der Waals surface area contributed by atoms with Crippen molar-refractivity contribution in [3.8, 4) is 0 Å².